The molecule has 0 unspecified atom stereocenters. The summed E-state index contributed by atoms with van der Waals surface area (Å²) >= 11 is 0. The summed E-state index contributed by atoms with van der Waals surface area (Å²) in [6, 6.07) is 11.6. The first-order valence-electron chi connectivity index (χ1n) is 7.51. The fraction of sp³-hybridized carbons (Fsp3) is 0.647. The molecule has 1 heterocycles. The molecule has 1 aromatic carbocycles. The second-order valence-corrected chi connectivity index (χ2v) is 6.46. The third-order valence-corrected chi connectivity index (χ3v) is 5.10. The first-order valence-corrected chi connectivity index (χ1v) is 7.51. The van der Waals surface area contributed by atoms with Crippen molar-refractivity contribution in [2.45, 2.75) is 39.2 Å². The lowest BCUT2D eigenvalue weighted by Crippen LogP contribution is -2.50. The number of likely N-dealkylation sites (tertiary alicyclic amines) is 1. The van der Waals surface area contributed by atoms with E-state index in [0.29, 0.717) is 17.4 Å². The largest absolute Gasteiger partial charge is 0.330 e. The van der Waals surface area contributed by atoms with Gasteiger partial charge in [0.15, 0.2) is 0 Å². The minimum Gasteiger partial charge on any atom is -0.330 e. The van der Waals surface area contributed by atoms with Gasteiger partial charge in [0.2, 0.25) is 0 Å². The van der Waals surface area contributed by atoms with Crippen LogP contribution in [0.4, 0.5) is 0 Å². The maximum atomic E-state index is 5.93. The SMILES string of the molecule is C[C@@H]1CN(C)[C@@H](C)C[C@@]1(CCN)Cc1ccccc1. The van der Waals surface area contributed by atoms with Gasteiger partial charge in [-0.25, -0.2) is 0 Å². The summed E-state index contributed by atoms with van der Waals surface area (Å²) in [5.74, 6) is 0.706. The van der Waals surface area contributed by atoms with Gasteiger partial charge < -0.3 is 10.6 Å². The van der Waals surface area contributed by atoms with E-state index in [2.05, 4.69) is 56.1 Å². The van der Waals surface area contributed by atoms with Crippen LogP contribution in [0.1, 0.15) is 32.3 Å². The third kappa shape index (κ3) is 3.18. The van der Waals surface area contributed by atoms with Gasteiger partial charge in [0, 0.05) is 12.6 Å². The zero-order chi connectivity index (χ0) is 13.9. The van der Waals surface area contributed by atoms with Crippen LogP contribution in [0.3, 0.4) is 0 Å². The smallest absolute Gasteiger partial charge is 0.00695 e. The maximum Gasteiger partial charge on any atom is 0.00695 e. The van der Waals surface area contributed by atoms with Crippen molar-refractivity contribution in [1.29, 1.82) is 0 Å². The summed E-state index contributed by atoms with van der Waals surface area (Å²) in [6.07, 6.45) is 3.57. The Morgan fingerprint density at radius 3 is 2.58 bits per heavy atom. The molecule has 0 saturated carbocycles. The van der Waals surface area contributed by atoms with Crippen LogP contribution in [0.5, 0.6) is 0 Å². The third-order valence-electron chi connectivity index (χ3n) is 5.10. The molecular formula is C17H28N2. The molecule has 2 rings (SSSR count). The van der Waals surface area contributed by atoms with E-state index in [0.717, 1.165) is 13.0 Å². The van der Waals surface area contributed by atoms with Crippen LogP contribution in [0.15, 0.2) is 30.3 Å². The molecule has 1 aliphatic heterocycles. The van der Waals surface area contributed by atoms with Gasteiger partial charge in [0.05, 0.1) is 0 Å². The highest BCUT2D eigenvalue weighted by Gasteiger charge is 2.41. The molecule has 0 bridgehead atoms. The summed E-state index contributed by atoms with van der Waals surface area (Å²) in [5, 5.41) is 0. The molecule has 2 N–H and O–H groups in total. The molecule has 2 heteroatoms. The molecule has 1 aliphatic rings. The molecule has 1 fully saturated rings. The van der Waals surface area contributed by atoms with E-state index < -0.39 is 0 Å². The zero-order valence-corrected chi connectivity index (χ0v) is 12.6. The van der Waals surface area contributed by atoms with Crippen molar-refractivity contribution in [3.05, 3.63) is 35.9 Å². The predicted octanol–water partition coefficient (Wildman–Crippen LogP) is 2.92. The summed E-state index contributed by atoms with van der Waals surface area (Å²) in [6.45, 7) is 6.74. The monoisotopic (exact) mass is 260 g/mol. The summed E-state index contributed by atoms with van der Waals surface area (Å²) in [4.78, 5) is 2.49. The molecule has 0 aromatic heterocycles. The first-order chi connectivity index (χ1) is 9.07. The number of hydrogen-bond donors (Lipinski definition) is 1. The fourth-order valence-electron chi connectivity index (χ4n) is 3.72. The van der Waals surface area contributed by atoms with Gasteiger partial charge in [0.25, 0.3) is 0 Å². The topological polar surface area (TPSA) is 29.3 Å². The Kier molecular flexibility index (Phi) is 4.64. The van der Waals surface area contributed by atoms with Crippen LogP contribution in [-0.4, -0.2) is 31.1 Å². The Labute approximate surface area is 118 Å². The summed E-state index contributed by atoms with van der Waals surface area (Å²) in [7, 11) is 2.25. The average molecular weight is 260 g/mol. The molecule has 0 radical (unpaired) electrons. The molecular weight excluding hydrogens is 232 g/mol. The van der Waals surface area contributed by atoms with Crippen molar-refractivity contribution < 1.29 is 0 Å². The zero-order valence-electron chi connectivity index (χ0n) is 12.6. The quantitative estimate of drug-likeness (QED) is 0.902. The molecule has 0 amide bonds. The van der Waals surface area contributed by atoms with Crippen molar-refractivity contribution >= 4 is 0 Å². The van der Waals surface area contributed by atoms with Crippen LogP contribution in [0, 0.1) is 11.3 Å². The van der Waals surface area contributed by atoms with E-state index in [1.54, 1.807) is 0 Å². The second-order valence-electron chi connectivity index (χ2n) is 6.46. The lowest BCUT2D eigenvalue weighted by Gasteiger charge is -2.49. The van der Waals surface area contributed by atoms with Gasteiger partial charge in [0.1, 0.15) is 0 Å². The first kappa shape index (κ1) is 14.5. The van der Waals surface area contributed by atoms with E-state index in [9.17, 15) is 0 Å². The second kappa shape index (κ2) is 6.06. The van der Waals surface area contributed by atoms with Gasteiger partial charge in [-0.05, 0) is 56.7 Å². The van der Waals surface area contributed by atoms with Gasteiger partial charge in [-0.3, -0.25) is 0 Å². The van der Waals surface area contributed by atoms with Crippen LogP contribution in [-0.2, 0) is 6.42 Å². The molecule has 1 aromatic rings. The van der Waals surface area contributed by atoms with Crippen LogP contribution in [0.25, 0.3) is 0 Å². The van der Waals surface area contributed by atoms with Crippen LogP contribution < -0.4 is 5.73 Å². The van der Waals surface area contributed by atoms with Crippen molar-refractivity contribution in [3.63, 3.8) is 0 Å². The Balaban J connectivity index is 2.21. The highest BCUT2D eigenvalue weighted by molar-refractivity contribution is 5.17. The van der Waals surface area contributed by atoms with E-state index >= 15 is 0 Å². The Bertz CT molecular complexity index is 390. The number of hydrogen-bond acceptors (Lipinski definition) is 2. The number of benzene rings is 1. The number of rotatable bonds is 4. The average Bonchev–Trinajstić information content (AvgIpc) is 2.38. The lowest BCUT2D eigenvalue weighted by atomic mass is 9.64. The van der Waals surface area contributed by atoms with Crippen molar-refractivity contribution in [2.24, 2.45) is 17.1 Å². The molecule has 3 atom stereocenters. The van der Waals surface area contributed by atoms with Crippen LogP contribution in [0.2, 0.25) is 0 Å². The maximum absolute atomic E-state index is 5.93. The fourth-order valence-corrected chi connectivity index (χ4v) is 3.72. The molecule has 0 spiro atoms. The van der Waals surface area contributed by atoms with Gasteiger partial charge in [-0.1, -0.05) is 37.3 Å². The van der Waals surface area contributed by atoms with Gasteiger partial charge in [-0.15, -0.1) is 0 Å². The minimum absolute atomic E-state index is 0.377. The minimum atomic E-state index is 0.377. The Hall–Kier alpha value is -0.860. The number of nitrogens with two attached hydrogens (primary N) is 1. The van der Waals surface area contributed by atoms with E-state index in [-0.39, 0.29) is 0 Å². The molecule has 2 nitrogen and oxygen atoms in total. The summed E-state index contributed by atoms with van der Waals surface area (Å²) < 4.78 is 0. The number of piperidine rings is 1. The van der Waals surface area contributed by atoms with E-state index in [4.69, 9.17) is 5.73 Å². The highest BCUT2D eigenvalue weighted by Crippen LogP contribution is 2.44. The number of nitrogens with zero attached hydrogens (tertiary/aromatic N) is 1. The molecule has 19 heavy (non-hydrogen) atoms. The normalized spacial score (nSPS) is 32.4. The summed E-state index contributed by atoms with van der Waals surface area (Å²) in [5.41, 5.74) is 7.76. The predicted molar refractivity (Wildman–Crippen MR) is 82.1 cm³/mol. The highest BCUT2D eigenvalue weighted by atomic mass is 15.1. The standard InChI is InChI=1S/C17H28N2/c1-14-13-19(3)15(2)11-17(14,9-10-18)12-16-7-5-4-6-8-16/h4-8,14-15H,9-13,18H2,1-3H3/t14-,15+,17+/m1/s1. The van der Waals surface area contributed by atoms with Gasteiger partial charge >= 0.3 is 0 Å². The Morgan fingerprint density at radius 1 is 1.26 bits per heavy atom. The Morgan fingerprint density at radius 2 is 1.95 bits per heavy atom. The van der Waals surface area contributed by atoms with Crippen molar-refractivity contribution in [1.82, 2.24) is 4.90 Å². The molecule has 0 aliphatic carbocycles. The lowest BCUT2D eigenvalue weighted by molar-refractivity contribution is 0.0148. The molecule has 106 valence electrons. The van der Waals surface area contributed by atoms with Gasteiger partial charge in [-0.2, -0.15) is 0 Å². The molecule has 1 saturated heterocycles. The van der Waals surface area contributed by atoms with E-state index in [1.807, 2.05) is 0 Å². The van der Waals surface area contributed by atoms with Crippen LogP contribution >= 0.6 is 0 Å². The van der Waals surface area contributed by atoms with Crippen molar-refractivity contribution in [3.8, 4) is 0 Å². The van der Waals surface area contributed by atoms with E-state index in [1.165, 1.54) is 24.9 Å². The van der Waals surface area contributed by atoms with Crippen molar-refractivity contribution in [2.75, 3.05) is 20.1 Å².